The van der Waals surface area contributed by atoms with Crippen molar-refractivity contribution in [1.82, 2.24) is 4.98 Å². The van der Waals surface area contributed by atoms with Gasteiger partial charge in [0.25, 0.3) is 0 Å². The molecule has 3 N–H and O–H groups in total. The molecule has 0 aromatic carbocycles. The van der Waals surface area contributed by atoms with E-state index in [9.17, 15) is 0 Å². The normalized spacial score (nSPS) is 18.7. The molecule has 0 unspecified atom stereocenters. The van der Waals surface area contributed by atoms with Crippen molar-refractivity contribution in [3.8, 4) is 0 Å². The lowest BCUT2D eigenvalue weighted by Crippen LogP contribution is -2.52. The highest BCUT2D eigenvalue weighted by atomic mass is 15.0. The predicted molar refractivity (Wildman–Crippen MR) is 58.2 cm³/mol. The van der Waals surface area contributed by atoms with Gasteiger partial charge in [0.2, 0.25) is 0 Å². The third-order valence-corrected chi connectivity index (χ3v) is 3.00. The lowest BCUT2D eigenvalue weighted by molar-refractivity contribution is 0.265. The minimum Gasteiger partial charge on any atom is -0.383 e. The third-order valence-electron chi connectivity index (χ3n) is 3.00. The van der Waals surface area contributed by atoms with E-state index < -0.39 is 0 Å². The molecule has 3 heteroatoms. The maximum absolute atomic E-state index is 6.12. The summed E-state index contributed by atoms with van der Waals surface area (Å²) in [6, 6.07) is 2.00. The molecule has 0 bridgehead atoms. The van der Waals surface area contributed by atoms with Crippen LogP contribution in [-0.4, -0.2) is 17.1 Å². The molecule has 2 rings (SSSR count). The summed E-state index contributed by atoms with van der Waals surface area (Å²) in [5, 5.41) is 3.39. The van der Waals surface area contributed by atoms with E-state index in [1.807, 2.05) is 12.3 Å². The van der Waals surface area contributed by atoms with Gasteiger partial charge in [-0.3, -0.25) is 4.98 Å². The molecule has 1 saturated carbocycles. The third kappa shape index (κ3) is 1.87. The Morgan fingerprint density at radius 2 is 2.36 bits per heavy atom. The second kappa shape index (κ2) is 3.58. The van der Waals surface area contributed by atoms with Crippen molar-refractivity contribution in [3.05, 3.63) is 24.0 Å². The number of nitrogens with zero attached hydrogens (tertiary/aromatic N) is 1. The summed E-state index contributed by atoms with van der Waals surface area (Å²) >= 11 is 0. The summed E-state index contributed by atoms with van der Waals surface area (Å²) in [4.78, 5) is 4.05. The van der Waals surface area contributed by atoms with Crippen LogP contribution in [0.15, 0.2) is 18.5 Å². The number of aryl methyl sites for hydroxylation is 1. The summed E-state index contributed by atoms with van der Waals surface area (Å²) in [5.41, 5.74) is 8.49. The number of pyridine rings is 1. The largest absolute Gasteiger partial charge is 0.383 e. The lowest BCUT2D eigenvalue weighted by Gasteiger charge is -2.38. The number of hydrogen-bond acceptors (Lipinski definition) is 3. The Balaban J connectivity index is 1.95. The molecule has 1 heterocycles. The second-order valence-electron chi connectivity index (χ2n) is 4.26. The zero-order valence-electron chi connectivity index (χ0n) is 8.59. The first-order valence-electron chi connectivity index (χ1n) is 5.13. The van der Waals surface area contributed by atoms with Gasteiger partial charge >= 0.3 is 0 Å². The number of rotatable bonds is 3. The second-order valence-corrected chi connectivity index (χ2v) is 4.26. The highest BCUT2D eigenvalue weighted by Gasteiger charge is 2.31. The van der Waals surface area contributed by atoms with Crippen LogP contribution in [-0.2, 0) is 0 Å². The molecular weight excluding hydrogens is 174 g/mol. The molecule has 0 amide bonds. The van der Waals surface area contributed by atoms with Crippen molar-refractivity contribution in [3.63, 3.8) is 0 Å². The monoisotopic (exact) mass is 191 g/mol. The Hall–Kier alpha value is -1.09. The summed E-state index contributed by atoms with van der Waals surface area (Å²) in [6.07, 6.45) is 7.23. The molecule has 1 aromatic rings. The van der Waals surface area contributed by atoms with Gasteiger partial charge in [0, 0.05) is 30.2 Å². The van der Waals surface area contributed by atoms with Crippen LogP contribution in [0.25, 0.3) is 0 Å². The number of anilines is 1. The van der Waals surface area contributed by atoms with Crippen LogP contribution < -0.4 is 11.1 Å². The molecular formula is C11H17N3. The fourth-order valence-corrected chi connectivity index (χ4v) is 1.75. The van der Waals surface area contributed by atoms with E-state index in [0.29, 0.717) is 0 Å². The van der Waals surface area contributed by atoms with Crippen molar-refractivity contribution in [2.75, 3.05) is 11.9 Å². The van der Waals surface area contributed by atoms with Crippen LogP contribution in [0.3, 0.4) is 0 Å². The average molecular weight is 191 g/mol. The first-order chi connectivity index (χ1) is 6.70. The number of nitrogens with two attached hydrogens (primary N) is 1. The van der Waals surface area contributed by atoms with Gasteiger partial charge in [-0.05, 0) is 37.8 Å². The van der Waals surface area contributed by atoms with Crippen molar-refractivity contribution in [2.45, 2.75) is 31.7 Å². The highest BCUT2D eigenvalue weighted by molar-refractivity contribution is 5.48. The van der Waals surface area contributed by atoms with Crippen molar-refractivity contribution >= 4 is 5.69 Å². The maximum atomic E-state index is 6.12. The van der Waals surface area contributed by atoms with Crippen molar-refractivity contribution in [1.29, 1.82) is 0 Å². The van der Waals surface area contributed by atoms with Gasteiger partial charge < -0.3 is 11.1 Å². The smallest absolute Gasteiger partial charge is 0.0401 e. The van der Waals surface area contributed by atoms with E-state index in [2.05, 4.69) is 17.2 Å². The van der Waals surface area contributed by atoms with E-state index in [-0.39, 0.29) is 5.54 Å². The van der Waals surface area contributed by atoms with Gasteiger partial charge in [0.15, 0.2) is 0 Å². The van der Waals surface area contributed by atoms with Crippen molar-refractivity contribution in [2.24, 2.45) is 5.73 Å². The molecule has 1 aromatic heterocycles. The lowest BCUT2D eigenvalue weighted by atomic mass is 9.78. The van der Waals surface area contributed by atoms with E-state index in [0.717, 1.165) is 25.1 Å². The standard InChI is InChI=1S/C11H17N3/c1-9-7-13-6-3-10(9)14-8-11(12)4-2-5-11/h3,6-7H,2,4-5,8,12H2,1H3,(H,13,14). The Morgan fingerprint density at radius 1 is 1.57 bits per heavy atom. The average Bonchev–Trinajstić information content (AvgIpc) is 2.14. The summed E-state index contributed by atoms with van der Waals surface area (Å²) < 4.78 is 0. The molecule has 1 fully saturated rings. The van der Waals surface area contributed by atoms with Gasteiger partial charge in [0.1, 0.15) is 0 Å². The molecule has 1 aliphatic rings. The molecule has 0 saturated heterocycles. The predicted octanol–water partition coefficient (Wildman–Crippen LogP) is 1.68. The van der Waals surface area contributed by atoms with Crippen LogP contribution in [0.2, 0.25) is 0 Å². The van der Waals surface area contributed by atoms with Gasteiger partial charge in [-0.25, -0.2) is 0 Å². The molecule has 1 aliphatic carbocycles. The quantitative estimate of drug-likeness (QED) is 0.764. The summed E-state index contributed by atoms with van der Waals surface area (Å²) in [7, 11) is 0. The summed E-state index contributed by atoms with van der Waals surface area (Å²) in [6.45, 7) is 2.93. The number of hydrogen-bond donors (Lipinski definition) is 2. The van der Waals surface area contributed by atoms with E-state index >= 15 is 0 Å². The van der Waals surface area contributed by atoms with Gasteiger partial charge in [-0.15, -0.1) is 0 Å². The Morgan fingerprint density at radius 3 is 2.93 bits per heavy atom. The fourth-order valence-electron chi connectivity index (χ4n) is 1.75. The van der Waals surface area contributed by atoms with Crippen LogP contribution >= 0.6 is 0 Å². The van der Waals surface area contributed by atoms with Crippen molar-refractivity contribution < 1.29 is 0 Å². The zero-order valence-corrected chi connectivity index (χ0v) is 8.59. The van der Waals surface area contributed by atoms with Crippen LogP contribution in [0, 0.1) is 6.92 Å². The first-order valence-corrected chi connectivity index (χ1v) is 5.13. The number of nitrogens with one attached hydrogen (secondary N) is 1. The van der Waals surface area contributed by atoms with Gasteiger partial charge in [-0.1, -0.05) is 0 Å². The molecule has 0 aliphatic heterocycles. The topological polar surface area (TPSA) is 50.9 Å². The molecule has 0 spiro atoms. The van der Waals surface area contributed by atoms with Crippen LogP contribution in [0.4, 0.5) is 5.69 Å². The van der Waals surface area contributed by atoms with Crippen LogP contribution in [0.1, 0.15) is 24.8 Å². The van der Waals surface area contributed by atoms with Gasteiger partial charge in [0.05, 0.1) is 0 Å². The van der Waals surface area contributed by atoms with E-state index in [4.69, 9.17) is 5.73 Å². The minimum atomic E-state index is 0.0374. The highest BCUT2D eigenvalue weighted by Crippen LogP contribution is 2.29. The minimum absolute atomic E-state index is 0.0374. The first kappa shape index (κ1) is 9.46. The molecule has 14 heavy (non-hydrogen) atoms. The number of aromatic nitrogens is 1. The summed E-state index contributed by atoms with van der Waals surface area (Å²) in [5.74, 6) is 0. The van der Waals surface area contributed by atoms with E-state index in [1.54, 1.807) is 6.20 Å². The molecule has 76 valence electrons. The SMILES string of the molecule is Cc1cnccc1NCC1(N)CCC1. The fraction of sp³-hybridized carbons (Fsp3) is 0.545. The molecule has 3 nitrogen and oxygen atoms in total. The Kier molecular flexibility index (Phi) is 2.42. The molecule has 0 atom stereocenters. The van der Waals surface area contributed by atoms with Gasteiger partial charge in [-0.2, -0.15) is 0 Å². The zero-order chi connectivity index (χ0) is 10.0. The van der Waals surface area contributed by atoms with E-state index in [1.165, 1.54) is 12.0 Å². The van der Waals surface area contributed by atoms with Crippen LogP contribution in [0.5, 0.6) is 0 Å². The molecule has 0 radical (unpaired) electrons. The Bertz CT molecular complexity index is 318. The Labute approximate surface area is 84.7 Å². The maximum Gasteiger partial charge on any atom is 0.0401 e.